The van der Waals surface area contributed by atoms with Gasteiger partial charge < -0.3 is 10.1 Å². The van der Waals surface area contributed by atoms with Gasteiger partial charge in [0.15, 0.2) is 0 Å². The van der Waals surface area contributed by atoms with E-state index < -0.39 is 12.0 Å². The van der Waals surface area contributed by atoms with Crippen LogP contribution in [0.3, 0.4) is 0 Å². The zero-order valence-corrected chi connectivity index (χ0v) is 21.4. The molecule has 1 aliphatic heterocycles. The van der Waals surface area contributed by atoms with Crippen molar-refractivity contribution in [3.05, 3.63) is 94.9 Å². The molecular weight excluding hydrogens is 492 g/mol. The van der Waals surface area contributed by atoms with Crippen LogP contribution in [0.25, 0.3) is 17.2 Å². The van der Waals surface area contributed by atoms with E-state index in [0.29, 0.717) is 20.5 Å². The molecule has 0 bridgehead atoms. The normalized spacial score (nSPS) is 15.2. The van der Waals surface area contributed by atoms with E-state index >= 15 is 0 Å². The average molecular weight is 517 g/mol. The van der Waals surface area contributed by atoms with E-state index in [1.165, 1.54) is 16.7 Å². The number of benzene rings is 3. The predicted molar refractivity (Wildman–Crippen MR) is 147 cm³/mol. The Hall–Kier alpha value is -3.75. The molecule has 2 amide bonds. The number of carbonyl (C=O) groups excluding carboxylic acids is 3. The zero-order valence-electron chi connectivity index (χ0n) is 19.8. The summed E-state index contributed by atoms with van der Waals surface area (Å²) in [6.07, 6.45) is 1.78. The van der Waals surface area contributed by atoms with Gasteiger partial charge in [0, 0.05) is 5.69 Å². The van der Waals surface area contributed by atoms with Crippen molar-refractivity contribution >= 4 is 57.8 Å². The number of rotatable bonds is 7. The molecule has 1 saturated heterocycles. The van der Waals surface area contributed by atoms with Gasteiger partial charge >= 0.3 is 5.97 Å². The Labute approximate surface area is 219 Å². The minimum atomic E-state index is -0.811. The molecule has 1 unspecified atom stereocenters. The highest BCUT2D eigenvalue weighted by Gasteiger charge is 2.38. The molecule has 1 fully saturated rings. The number of anilines is 1. The summed E-state index contributed by atoms with van der Waals surface area (Å²) < 4.78 is 5.29. The molecule has 1 atom stereocenters. The zero-order chi connectivity index (χ0) is 25.7. The molecule has 6 nitrogen and oxygen atoms in total. The molecule has 1 N–H and O–H groups in total. The lowest BCUT2D eigenvalue weighted by atomic mass is 10.0. The lowest BCUT2D eigenvalue weighted by Crippen LogP contribution is -2.44. The van der Waals surface area contributed by atoms with E-state index in [2.05, 4.69) is 5.32 Å². The van der Waals surface area contributed by atoms with Crippen molar-refractivity contribution in [2.75, 3.05) is 11.9 Å². The van der Waals surface area contributed by atoms with Crippen LogP contribution < -0.4 is 5.32 Å². The van der Waals surface area contributed by atoms with Gasteiger partial charge in [0.05, 0.1) is 17.1 Å². The molecule has 8 heteroatoms. The number of amides is 2. The Morgan fingerprint density at radius 1 is 1.00 bits per heavy atom. The molecule has 0 aliphatic carbocycles. The molecular formula is C28H24N2O4S2. The average Bonchev–Trinajstić information content (AvgIpc) is 3.17. The minimum Gasteiger partial charge on any atom is -0.462 e. The smallest absolute Gasteiger partial charge is 0.338 e. The monoisotopic (exact) mass is 516 g/mol. The molecule has 0 spiro atoms. The fraction of sp³-hybridized carbons (Fsp3) is 0.143. The van der Waals surface area contributed by atoms with Crippen molar-refractivity contribution in [3.63, 3.8) is 0 Å². The van der Waals surface area contributed by atoms with Crippen molar-refractivity contribution in [2.45, 2.75) is 19.9 Å². The summed E-state index contributed by atoms with van der Waals surface area (Å²) in [6.45, 7) is 3.65. The van der Waals surface area contributed by atoms with Gasteiger partial charge in [0.2, 0.25) is 5.91 Å². The van der Waals surface area contributed by atoms with Crippen LogP contribution in [-0.4, -0.2) is 39.7 Å². The van der Waals surface area contributed by atoms with Crippen molar-refractivity contribution in [1.29, 1.82) is 0 Å². The van der Waals surface area contributed by atoms with E-state index in [1.807, 2.05) is 54.6 Å². The van der Waals surface area contributed by atoms with Crippen LogP contribution in [0.4, 0.5) is 5.69 Å². The topological polar surface area (TPSA) is 75.7 Å². The van der Waals surface area contributed by atoms with E-state index in [9.17, 15) is 14.4 Å². The number of carbonyl (C=O) groups is 3. The van der Waals surface area contributed by atoms with Crippen LogP contribution >= 0.6 is 24.0 Å². The van der Waals surface area contributed by atoms with Crippen molar-refractivity contribution in [2.24, 2.45) is 0 Å². The highest BCUT2D eigenvalue weighted by Crippen LogP contribution is 2.34. The summed E-state index contributed by atoms with van der Waals surface area (Å²) in [5.74, 6) is -1.12. The maximum absolute atomic E-state index is 13.1. The molecule has 3 aromatic rings. The second kappa shape index (κ2) is 11.3. The molecule has 0 radical (unpaired) electrons. The number of thioether (sulfide) groups is 1. The second-order valence-corrected chi connectivity index (χ2v) is 9.68. The SMILES string of the molecule is CCOC(=O)c1ccc(NC(=O)C(C)N2C(=O)/C(=C/c3ccc(-c4ccccc4)cc3)SC2=S)cc1. The van der Waals surface area contributed by atoms with E-state index in [1.54, 1.807) is 44.2 Å². The summed E-state index contributed by atoms with van der Waals surface area (Å²) in [7, 11) is 0. The van der Waals surface area contributed by atoms with Crippen molar-refractivity contribution in [1.82, 2.24) is 4.90 Å². The molecule has 4 rings (SSSR count). The van der Waals surface area contributed by atoms with Gasteiger partial charge in [-0.15, -0.1) is 0 Å². The van der Waals surface area contributed by atoms with Gasteiger partial charge in [0.1, 0.15) is 10.4 Å². The minimum absolute atomic E-state index is 0.284. The highest BCUT2D eigenvalue weighted by atomic mass is 32.2. The lowest BCUT2D eigenvalue weighted by molar-refractivity contribution is -0.129. The van der Waals surface area contributed by atoms with Gasteiger partial charge in [-0.3, -0.25) is 14.5 Å². The first-order chi connectivity index (χ1) is 17.4. The van der Waals surface area contributed by atoms with E-state index in [4.69, 9.17) is 17.0 Å². The molecule has 0 aromatic heterocycles. The standard InChI is InChI=1S/C28H24N2O4S2/c1-3-34-27(33)22-13-15-23(16-14-22)29-25(31)18(2)30-26(32)24(36-28(30)35)17-19-9-11-21(12-10-19)20-7-5-4-6-8-20/h4-18H,3H2,1-2H3,(H,29,31)/b24-17-. The number of thiocarbonyl (C=S) groups is 1. The van der Waals surface area contributed by atoms with Gasteiger partial charge in [0.25, 0.3) is 5.91 Å². The van der Waals surface area contributed by atoms with Crippen LogP contribution in [0.5, 0.6) is 0 Å². The summed E-state index contributed by atoms with van der Waals surface area (Å²) in [5, 5.41) is 2.77. The largest absolute Gasteiger partial charge is 0.462 e. The first-order valence-corrected chi connectivity index (χ1v) is 12.6. The molecule has 1 aliphatic rings. The first kappa shape index (κ1) is 25.3. The number of hydrogen-bond donors (Lipinski definition) is 1. The number of nitrogens with one attached hydrogen (secondary N) is 1. The second-order valence-electron chi connectivity index (χ2n) is 8.00. The van der Waals surface area contributed by atoms with Gasteiger partial charge in [-0.25, -0.2) is 4.79 Å². The molecule has 0 saturated carbocycles. The number of hydrogen-bond acceptors (Lipinski definition) is 6. The third-order valence-electron chi connectivity index (χ3n) is 5.57. The fourth-order valence-electron chi connectivity index (χ4n) is 3.64. The Morgan fingerprint density at radius 2 is 1.64 bits per heavy atom. The summed E-state index contributed by atoms with van der Waals surface area (Å²) >= 11 is 6.60. The van der Waals surface area contributed by atoms with Gasteiger partial charge in [-0.1, -0.05) is 78.6 Å². The summed E-state index contributed by atoms with van der Waals surface area (Å²) in [4.78, 5) is 39.6. The molecule has 182 valence electrons. The Balaban J connectivity index is 1.42. The number of ether oxygens (including phenoxy) is 1. The van der Waals surface area contributed by atoms with Crippen LogP contribution in [0.15, 0.2) is 83.8 Å². The van der Waals surface area contributed by atoms with Crippen LogP contribution in [0.1, 0.15) is 29.8 Å². The lowest BCUT2D eigenvalue weighted by Gasteiger charge is -2.22. The maximum Gasteiger partial charge on any atom is 0.338 e. The van der Waals surface area contributed by atoms with Crippen LogP contribution in [0, 0.1) is 0 Å². The predicted octanol–water partition coefficient (Wildman–Crippen LogP) is 5.76. The highest BCUT2D eigenvalue weighted by molar-refractivity contribution is 8.26. The molecule has 1 heterocycles. The molecule has 36 heavy (non-hydrogen) atoms. The Kier molecular flexibility index (Phi) is 7.97. The van der Waals surface area contributed by atoms with E-state index in [-0.39, 0.29) is 18.4 Å². The van der Waals surface area contributed by atoms with Gasteiger partial charge in [-0.2, -0.15) is 0 Å². The Morgan fingerprint density at radius 3 is 2.28 bits per heavy atom. The van der Waals surface area contributed by atoms with Crippen molar-refractivity contribution in [3.8, 4) is 11.1 Å². The third-order valence-corrected chi connectivity index (χ3v) is 6.90. The summed E-state index contributed by atoms with van der Waals surface area (Å²) in [6, 6.07) is 23.5. The summed E-state index contributed by atoms with van der Waals surface area (Å²) in [5.41, 5.74) is 3.96. The molecule has 3 aromatic carbocycles. The van der Waals surface area contributed by atoms with Crippen molar-refractivity contribution < 1.29 is 19.1 Å². The quantitative estimate of drug-likeness (QED) is 0.245. The first-order valence-electron chi connectivity index (χ1n) is 11.4. The third kappa shape index (κ3) is 5.72. The van der Waals surface area contributed by atoms with Crippen LogP contribution in [0.2, 0.25) is 0 Å². The van der Waals surface area contributed by atoms with E-state index in [0.717, 1.165) is 16.7 Å². The fourth-order valence-corrected chi connectivity index (χ4v) is 5.05. The number of nitrogens with zero attached hydrogens (tertiary/aromatic N) is 1. The maximum atomic E-state index is 13.1. The Bertz CT molecular complexity index is 1320. The van der Waals surface area contributed by atoms with Crippen LogP contribution in [-0.2, 0) is 14.3 Å². The van der Waals surface area contributed by atoms with Gasteiger partial charge in [-0.05, 0) is 60.9 Å². The number of esters is 1.